The van der Waals surface area contributed by atoms with Crippen molar-refractivity contribution < 1.29 is 25.5 Å². The van der Waals surface area contributed by atoms with Crippen LogP contribution in [-0.4, -0.2) is 55.3 Å². The molecule has 0 aromatic carbocycles. The van der Waals surface area contributed by atoms with Gasteiger partial charge in [0.05, 0.1) is 6.61 Å². The summed E-state index contributed by atoms with van der Waals surface area (Å²) in [4.78, 5) is 14.0. The van der Waals surface area contributed by atoms with Crippen molar-refractivity contribution in [2.24, 2.45) is 0 Å². The van der Waals surface area contributed by atoms with E-state index in [0.717, 1.165) is 4.57 Å². The Labute approximate surface area is 106 Å². The SMILES string of the molecule is O.O=c1[nH]c(=S)ccn1[C@@H]1O[C@H](CO)[C@@H](O)[C@H]1O. The molecule has 1 aliphatic heterocycles. The smallest absolute Gasteiger partial charge is 0.328 e. The molecule has 0 unspecified atom stereocenters. The van der Waals surface area contributed by atoms with E-state index in [1.807, 2.05) is 0 Å². The largest absolute Gasteiger partial charge is 0.412 e. The Bertz CT molecular complexity index is 514. The lowest BCUT2D eigenvalue weighted by Crippen LogP contribution is -2.35. The molecule has 0 amide bonds. The molecule has 18 heavy (non-hydrogen) atoms. The van der Waals surface area contributed by atoms with Gasteiger partial charge in [0, 0.05) is 6.20 Å². The minimum atomic E-state index is -1.28. The predicted molar refractivity (Wildman–Crippen MR) is 62.5 cm³/mol. The van der Waals surface area contributed by atoms with Crippen molar-refractivity contribution >= 4 is 12.2 Å². The molecule has 0 radical (unpaired) electrons. The van der Waals surface area contributed by atoms with Crippen LogP contribution in [0.2, 0.25) is 0 Å². The van der Waals surface area contributed by atoms with Crippen LogP contribution in [0.4, 0.5) is 0 Å². The molecule has 2 heterocycles. The lowest BCUT2D eigenvalue weighted by atomic mass is 10.1. The molecule has 0 bridgehead atoms. The van der Waals surface area contributed by atoms with E-state index in [0.29, 0.717) is 0 Å². The van der Waals surface area contributed by atoms with E-state index in [4.69, 9.17) is 22.1 Å². The fourth-order valence-corrected chi connectivity index (χ4v) is 1.89. The first-order valence-electron chi connectivity index (χ1n) is 4.98. The first kappa shape index (κ1) is 15.0. The summed E-state index contributed by atoms with van der Waals surface area (Å²) in [5, 5.41) is 28.2. The number of nitrogens with one attached hydrogen (secondary N) is 1. The number of aliphatic hydroxyl groups excluding tert-OH is 3. The molecule has 1 aromatic rings. The van der Waals surface area contributed by atoms with Crippen molar-refractivity contribution in [3.8, 4) is 0 Å². The van der Waals surface area contributed by atoms with Crippen LogP contribution in [0.3, 0.4) is 0 Å². The quantitative estimate of drug-likeness (QED) is 0.448. The zero-order valence-corrected chi connectivity index (χ0v) is 10.0. The highest BCUT2D eigenvalue weighted by Crippen LogP contribution is 2.27. The number of aromatic nitrogens is 2. The summed E-state index contributed by atoms with van der Waals surface area (Å²) in [7, 11) is 0. The van der Waals surface area contributed by atoms with Crippen molar-refractivity contribution in [2.45, 2.75) is 24.5 Å². The van der Waals surface area contributed by atoms with Crippen LogP contribution < -0.4 is 5.69 Å². The Morgan fingerprint density at radius 3 is 2.61 bits per heavy atom. The molecule has 1 saturated heterocycles. The Balaban J connectivity index is 0.00000162. The van der Waals surface area contributed by atoms with E-state index >= 15 is 0 Å². The third kappa shape index (κ3) is 2.51. The van der Waals surface area contributed by atoms with Gasteiger partial charge in [0.15, 0.2) is 6.23 Å². The molecule has 0 aliphatic carbocycles. The number of nitrogens with zero attached hydrogens (tertiary/aromatic N) is 1. The first-order chi connectivity index (χ1) is 8.04. The van der Waals surface area contributed by atoms with Gasteiger partial charge >= 0.3 is 5.69 Å². The van der Waals surface area contributed by atoms with Crippen LogP contribution in [0.1, 0.15) is 6.23 Å². The molecule has 1 fully saturated rings. The molecule has 4 atom stereocenters. The topological polar surface area (TPSA) is 139 Å². The highest BCUT2D eigenvalue weighted by atomic mass is 32.1. The second-order valence-electron chi connectivity index (χ2n) is 3.75. The molecule has 2 rings (SSSR count). The Morgan fingerprint density at radius 1 is 1.44 bits per heavy atom. The molecular formula is C9H14N2O6S. The molecule has 0 saturated carbocycles. The molecule has 6 N–H and O–H groups in total. The average Bonchev–Trinajstić information content (AvgIpc) is 2.57. The van der Waals surface area contributed by atoms with Crippen molar-refractivity contribution in [3.63, 3.8) is 0 Å². The van der Waals surface area contributed by atoms with Crippen LogP contribution in [-0.2, 0) is 4.74 Å². The second kappa shape index (κ2) is 5.69. The van der Waals surface area contributed by atoms with Crippen molar-refractivity contribution in [1.82, 2.24) is 9.55 Å². The van der Waals surface area contributed by atoms with E-state index in [1.54, 1.807) is 0 Å². The van der Waals surface area contributed by atoms with E-state index in [-0.39, 0.29) is 10.1 Å². The molecule has 9 heteroatoms. The van der Waals surface area contributed by atoms with Gasteiger partial charge in [0.1, 0.15) is 23.0 Å². The number of hydrogen-bond donors (Lipinski definition) is 4. The van der Waals surface area contributed by atoms with Crippen molar-refractivity contribution in [1.29, 1.82) is 0 Å². The van der Waals surface area contributed by atoms with Gasteiger partial charge in [-0.15, -0.1) is 0 Å². The summed E-state index contributed by atoms with van der Waals surface area (Å²) in [6.07, 6.45) is -3.11. The lowest BCUT2D eigenvalue weighted by molar-refractivity contribution is -0.0550. The summed E-state index contributed by atoms with van der Waals surface area (Å²) in [5.74, 6) is 0. The van der Waals surface area contributed by atoms with Gasteiger partial charge in [0.2, 0.25) is 0 Å². The van der Waals surface area contributed by atoms with Crippen LogP contribution in [0, 0.1) is 4.64 Å². The second-order valence-corrected chi connectivity index (χ2v) is 4.19. The average molecular weight is 278 g/mol. The molecule has 8 nitrogen and oxygen atoms in total. The number of aliphatic hydroxyl groups is 3. The minimum absolute atomic E-state index is 0. The van der Waals surface area contributed by atoms with Gasteiger partial charge in [-0.3, -0.25) is 9.55 Å². The predicted octanol–water partition coefficient (Wildman–Crippen LogP) is -2.31. The van der Waals surface area contributed by atoms with E-state index in [9.17, 15) is 15.0 Å². The third-order valence-corrected chi connectivity index (χ3v) is 2.88. The number of ether oxygens (including phenoxy) is 1. The maximum absolute atomic E-state index is 11.6. The number of aromatic amines is 1. The van der Waals surface area contributed by atoms with Crippen LogP contribution in [0.15, 0.2) is 17.1 Å². The van der Waals surface area contributed by atoms with Gasteiger partial charge in [-0.25, -0.2) is 4.79 Å². The van der Waals surface area contributed by atoms with Crippen molar-refractivity contribution in [3.05, 3.63) is 27.4 Å². The molecule has 1 aliphatic rings. The fraction of sp³-hybridized carbons (Fsp3) is 0.556. The number of rotatable bonds is 2. The lowest BCUT2D eigenvalue weighted by Gasteiger charge is -2.16. The zero-order chi connectivity index (χ0) is 12.6. The summed E-state index contributed by atoms with van der Waals surface area (Å²) >= 11 is 4.77. The van der Waals surface area contributed by atoms with E-state index in [2.05, 4.69) is 4.98 Å². The van der Waals surface area contributed by atoms with Crippen LogP contribution >= 0.6 is 12.2 Å². The first-order valence-corrected chi connectivity index (χ1v) is 5.39. The fourth-order valence-electron chi connectivity index (χ4n) is 1.74. The maximum Gasteiger partial charge on any atom is 0.328 e. The zero-order valence-electron chi connectivity index (χ0n) is 9.18. The van der Waals surface area contributed by atoms with Gasteiger partial charge in [-0.05, 0) is 6.07 Å². The standard InChI is InChI=1S/C9H12N2O5S.H2O/c12-3-4-6(13)7(14)8(16-4)11-2-1-5(17)10-9(11)15;/h1-2,4,6-8,12-14H,3H2,(H,10,15,17);1H2/t4-,6-,7-,8-;/m1./s1. The van der Waals surface area contributed by atoms with Gasteiger partial charge in [-0.1, -0.05) is 12.2 Å². The van der Waals surface area contributed by atoms with Gasteiger partial charge in [-0.2, -0.15) is 0 Å². The molecular weight excluding hydrogens is 264 g/mol. The van der Waals surface area contributed by atoms with Crippen LogP contribution in [0.25, 0.3) is 0 Å². The summed E-state index contributed by atoms with van der Waals surface area (Å²) < 4.78 is 6.55. The Hall–Kier alpha value is -1.10. The van der Waals surface area contributed by atoms with Gasteiger partial charge in [0.25, 0.3) is 0 Å². The van der Waals surface area contributed by atoms with E-state index < -0.39 is 36.8 Å². The normalized spacial score (nSPS) is 31.1. The number of hydrogen-bond acceptors (Lipinski definition) is 6. The third-order valence-electron chi connectivity index (χ3n) is 2.64. The molecule has 1 aromatic heterocycles. The maximum atomic E-state index is 11.6. The summed E-state index contributed by atoms with van der Waals surface area (Å²) in [6, 6.07) is 1.46. The Kier molecular flexibility index (Phi) is 4.73. The Morgan fingerprint density at radius 2 is 2.11 bits per heavy atom. The minimum Gasteiger partial charge on any atom is -0.412 e. The van der Waals surface area contributed by atoms with Crippen LogP contribution in [0.5, 0.6) is 0 Å². The highest BCUT2D eigenvalue weighted by Gasteiger charge is 2.43. The van der Waals surface area contributed by atoms with E-state index in [1.165, 1.54) is 12.3 Å². The summed E-state index contributed by atoms with van der Waals surface area (Å²) in [6.45, 7) is -0.438. The molecule has 102 valence electrons. The molecule has 0 spiro atoms. The monoisotopic (exact) mass is 278 g/mol. The van der Waals surface area contributed by atoms with Gasteiger partial charge < -0.3 is 25.5 Å². The summed E-state index contributed by atoms with van der Waals surface area (Å²) in [5.41, 5.74) is -0.549. The van der Waals surface area contributed by atoms with Crippen molar-refractivity contribution in [2.75, 3.05) is 6.61 Å². The number of H-pyrrole nitrogens is 1. The highest BCUT2D eigenvalue weighted by molar-refractivity contribution is 7.71.